The molecule has 0 saturated heterocycles. The summed E-state index contributed by atoms with van der Waals surface area (Å²) in [6.07, 6.45) is 6.13. The number of hydrogen-bond donors (Lipinski definition) is 0. The van der Waals surface area contributed by atoms with E-state index in [-0.39, 0.29) is 11.7 Å². The maximum atomic E-state index is 12.9. The Morgan fingerprint density at radius 3 is 2.28 bits per heavy atom. The highest BCUT2D eigenvalue weighted by Gasteiger charge is 2.33. The first-order valence-electron chi connectivity index (χ1n) is 9.86. The molecule has 1 aliphatic rings. The van der Waals surface area contributed by atoms with Crippen molar-refractivity contribution in [3.05, 3.63) is 95.6 Å². The van der Waals surface area contributed by atoms with Crippen molar-refractivity contribution in [3.63, 3.8) is 0 Å². The molecule has 0 bridgehead atoms. The van der Waals surface area contributed by atoms with E-state index in [1.165, 1.54) is 12.1 Å². The van der Waals surface area contributed by atoms with Crippen LogP contribution < -0.4 is 4.74 Å². The molecule has 0 aliphatic heterocycles. The molecule has 0 atom stereocenters. The average Bonchev–Trinajstić information content (AvgIpc) is 3.60. The van der Waals surface area contributed by atoms with E-state index in [1.54, 1.807) is 36.7 Å². The molecule has 1 heterocycles. The second-order valence-corrected chi connectivity index (χ2v) is 7.27. The quantitative estimate of drug-likeness (QED) is 0.562. The molecular weight excluding hydrogens is 367 g/mol. The van der Waals surface area contributed by atoms with E-state index >= 15 is 0 Å². The zero-order chi connectivity index (χ0) is 20.1. The van der Waals surface area contributed by atoms with Crippen LogP contribution in [0.15, 0.2) is 73.1 Å². The van der Waals surface area contributed by atoms with Gasteiger partial charge in [0.1, 0.15) is 11.6 Å². The van der Waals surface area contributed by atoms with Crippen LogP contribution in [0.2, 0.25) is 0 Å². The summed E-state index contributed by atoms with van der Waals surface area (Å²) >= 11 is 0. The summed E-state index contributed by atoms with van der Waals surface area (Å²) < 4.78 is 18.7. The highest BCUT2D eigenvalue weighted by Crippen LogP contribution is 2.30. The molecule has 1 aromatic heterocycles. The van der Waals surface area contributed by atoms with Gasteiger partial charge in [-0.2, -0.15) is 0 Å². The van der Waals surface area contributed by atoms with Crippen LogP contribution in [0.4, 0.5) is 4.39 Å². The number of benzene rings is 2. The first-order chi connectivity index (χ1) is 14.2. The number of pyridine rings is 1. The molecular formula is C24H23FN2O2. The molecule has 4 nitrogen and oxygen atoms in total. The number of amides is 1. The first kappa shape index (κ1) is 19.1. The maximum Gasteiger partial charge on any atom is 0.254 e. The number of carbonyl (C=O) groups excluding carboxylic acids is 1. The highest BCUT2D eigenvalue weighted by molar-refractivity contribution is 5.94. The van der Waals surface area contributed by atoms with Crippen LogP contribution >= 0.6 is 0 Å². The van der Waals surface area contributed by atoms with Crippen molar-refractivity contribution in [2.24, 2.45) is 0 Å². The number of aromatic nitrogens is 1. The number of nitrogens with zero attached hydrogens (tertiary/aromatic N) is 2. The minimum atomic E-state index is -0.229. The van der Waals surface area contributed by atoms with Crippen LogP contribution in [0.5, 0.6) is 5.75 Å². The number of rotatable bonds is 8. The maximum absolute atomic E-state index is 12.9. The van der Waals surface area contributed by atoms with Gasteiger partial charge >= 0.3 is 0 Å². The Labute approximate surface area is 170 Å². The van der Waals surface area contributed by atoms with E-state index in [0.717, 1.165) is 36.1 Å². The second kappa shape index (κ2) is 8.86. The van der Waals surface area contributed by atoms with Crippen molar-refractivity contribution < 1.29 is 13.9 Å². The molecule has 1 aliphatic carbocycles. The van der Waals surface area contributed by atoms with Crippen LogP contribution in [0.3, 0.4) is 0 Å². The van der Waals surface area contributed by atoms with Crippen LogP contribution in [0.25, 0.3) is 0 Å². The average molecular weight is 390 g/mol. The van der Waals surface area contributed by atoms with Gasteiger partial charge in [0.15, 0.2) is 0 Å². The molecule has 4 rings (SSSR count). The van der Waals surface area contributed by atoms with Gasteiger partial charge in [0.25, 0.3) is 5.91 Å². The zero-order valence-electron chi connectivity index (χ0n) is 16.1. The monoisotopic (exact) mass is 390 g/mol. The number of halogens is 1. The fraction of sp³-hybridized carbons (Fsp3) is 0.250. The van der Waals surface area contributed by atoms with Crippen molar-refractivity contribution in [1.29, 1.82) is 0 Å². The summed E-state index contributed by atoms with van der Waals surface area (Å²) in [5, 5.41) is 0. The topological polar surface area (TPSA) is 42.4 Å². The SMILES string of the molecule is O=C(c1ccncc1)N(Cc1ccc(OCCc2ccc(F)cc2)cc1)C1CC1. The summed E-state index contributed by atoms with van der Waals surface area (Å²) in [7, 11) is 0. The normalized spacial score (nSPS) is 13.1. The fourth-order valence-corrected chi connectivity index (χ4v) is 3.24. The Kier molecular flexibility index (Phi) is 5.84. The number of ether oxygens (including phenoxy) is 1. The largest absolute Gasteiger partial charge is 0.493 e. The Balaban J connectivity index is 1.33. The number of carbonyl (C=O) groups is 1. The van der Waals surface area contributed by atoms with Gasteiger partial charge in [0.05, 0.1) is 6.61 Å². The summed E-state index contributed by atoms with van der Waals surface area (Å²) in [5.74, 6) is 0.608. The molecule has 5 heteroatoms. The predicted molar refractivity (Wildman–Crippen MR) is 109 cm³/mol. The Hall–Kier alpha value is -3.21. The molecule has 0 unspecified atom stereocenters. The lowest BCUT2D eigenvalue weighted by Crippen LogP contribution is -2.32. The molecule has 0 radical (unpaired) electrons. The van der Waals surface area contributed by atoms with Crippen molar-refractivity contribution in [3.8, 4) is 5.75 Å². The zero-order valence-corrected chi connectivity index (χ0v) is 16.1. The molecule has 1 saturated carbocycles. The summed E-state index contributed by atoms with van der Waals surface area (Å²) in [6.45, 7) is 1.11. The van der Waals surface area contributed by atoms with E-state index < -0.39 is 0 Å². The van der Waals surface area contributed by atoms with Crippen molar-refractivity contribution in [2.75, 3.05) is 6.61 Å². The van der Waals surface area contributed by atoms with Gasteiger partial charge in [-0.25, -0.2) is 4.39 Å². The molecule has 0 spiro atoms. The summed E-state index contributed by atoms with van der Waals surface area (Å²) in [5.41, 5.74) is 2.79. The Bertz CT molecular complexity index is 939. The van der Waals surface area contributed by atoms with Gasteiger partial charge in [-0.3, -0.25) is 9.78 Å². The Morgan fingerprint density at radius 2 is 1.62 bits per heavy atom. The lowest BCUT2D eigenvalue weighted by atomic mass is 10.1. The van der Waals surface area contributed by atoms with Crippen molar-refractivity contribution in [1.82, 2.24) is 9.88 Å². The standard InChI is InChI=1S/C24H23FN2O2/c25-21-5-1-18(2-6-21)13-16-29-23-9-3-19(4-10-23)17-27(22-7-8-22)24(28)20-11-14-26-15-12-20/h1-6,9-12,14-15,22H,7-8,13,16-17H2. The molecule has 1 amide bonds. The minimum absolute atomic E-state index is 0.0505. The molecule has 2 aromatic carbocycles. The smallest absolute Gasteiger partial charge is 0.254 e. The van der Waals surface area contributed by atoms with E-state index in [4.69, 9.17) is 4.74 Å². The highest BCUT2D eigenvalue weighted by atomic mass is 19.1. The van der Waals surface area contributed by atoms with Crippen molar-refractivity contribution in [2.45, 2.75) is 31.8 Å². The second-order valence-electron chi connectivity index (χ2n) is 7.27. The molecule has 0 N–H and O–H groups in total. The molecule has 29 heavy (non-hydrogen) atoms. The first-order valence-corrected chi connectivity index (χ1v) is 9.86. The van der Waals surface area contributed by atoms with Crippen LogP contribution in [0, 0.1) is 5.82 Å². The van der Waals surface area contributed by atoms with Gasteiger partial charge in [-0.1, -0.05) is 24.3 Å². The predicted octanol–water partition coefficient (Wildman–Crippen LogP) is 4.65. The van der Waals surface area contributed by atoms with Gasteiger partial charge in [0, 0.05) is 37.0 Å². The Morgan fingerprint density at radius 1 is 0.966 bits per heavy atom. The van der Waals surface area contributed by atoms with Crippen LogP contribution in [-0.2, 0) is 13.0 Å². The van der Waals surface area contributed by atoms with Crippen LogP contribution in [-0.4, -0.2) is 28.4 Å². The van der Waals surface area contributed by atoms with Gasteiger partial charge in [0.2, 0.25) is 0 Å². The summed E-state index contributed by atoms with van der Waals surface area (Å²) in [6, 6.07) is 18.2. The van der Waals surface area contributed by atoms with E-state index in [9.17, 15) is 9.18 Å². The van der Waals surface area contributed by atoms with Gasteiger partial charge < -0.3 is 9.64 Å². The lowest BCUT2D eigenvalue weighted by Gasteiger charge is -2.22. The third-order valence-electron chi connectivity index (χ3n) is 5.02. The van der Waals surface area contributed by atoms with Crippen LogP contribution in [0.1, 0.15) is 34.3 Å². The van der Waals surface area contributed by atoms with Crippen molar-refractivity contribution >= 4 is 5.91 Å². The fourth-order valence-electron chi connectivity index (χ4n) is 3.24. The third-order valence-corrected chi connectivity index (χ3v) is 5.02. The van der Waals surface area contributed by atoms with E-state index in [0.29, 0.717) is 24.8 Å². The minimum Gasteiger partial charge on any atom is -0.493 e. The van der Waals surface area contributed by atoms with Gasteiger partial charge in [-0.15, -0.1) is 0 Å². The van der Waals surface area contributed by atoms with Gasteiger partial charge in [-0.05, 0) is 60.4 Å². The third kappa shape index (κ3) is 5.19. The molecule has 3 aromatic rings. The lowest BCUT2D eigenvalue weighted by molar-refractivity contribution is 0.0730. The molecule has 148 valence electrons. The molecule has 1 fully saturated rings. The van der Waals surface area contributed by atoms with E-state index in [2.05, 4.69) is 4.98 Å². The summed E-state index contributed by atoms with van der Waals surface area (Å²) in [4.78, 5) is 18.8. The number of hydrogen-bond acceptors (Lipinski definition) is 3. The van der Waals surface area contributed by atoms with E-state index in [1.807, 2.05) is 29.2 Å².